The Morgan fingerprint density at radius 1 is 0.530 bits per heavy atom. The monoisotopic (exact) mass is 931 g/mol. The SMILES string of the molecule is CC(C)C[C@H](NC(=O)[C@H](C)NC(=O)[C@H](CC(C)C)NC(=O)[C@H](Cc1ccccc1)NC(=O)[C@@H](NC(=O)[C@H](C)NC(=O)[C@H](CCCN=C(N)N)NC(=O)[C@H](C)NC(=O)[C@H](C)N)C(C)C)C(=O)O. The van der Waals surface area contributed by atoms with Crippen molar-refractivity contribution in [1.82, 2.24) is 42.5 Å². The van der Waals surface area contributed by atoms with Crippen LogP contribution in [-0.2, 0) is 49.6 Å². The van der Waals surface area contributed by atoms with Crippen LogP contribution in [0, 0.1) is 17.8 Å². The van der Waals surface area contributed by atoms with Crippen LogP contribution >= 0.6 is 0 Å². The molecule has 370 valence electrons. The molecule has 0 spiro atoms. The lowest BCUT2D eigenvalue weighted by Crippen LogP contribution is -2.61. The van der Waals surface area contributed by atoms with Gasteiger partial charge in [0.1, 0.15) is 48.3 Å². The minimum atomic E-state index is -1.27. The van der Waals surface area contributed by atoms with E-state index in [-0.39, 0.29) is 56.4 Å². The molecule has 0 bridgehead atoms. The molecule has 0 saturated heterocycles. The Labute approximate surface area is 387 Å². The summed E-state index contributed by atoms with van der Waals surface area (Å²) in [5, 5.41) is 30.3. The van der Waals surface area contributed by atoms with E-state index in [1.54, 1.807) is 44.2 Å². The molecule has 1 aromatic rings. The Bertz CT molecular complexity index is 1840. The van der Waals surface area contributed by atoms with Gasteiger partial charge >= 0.3 is 5.97 Å². The van der Waals surface area contributed by atoms with E-state index < -0.39 is 114 Å². The van der Waals surface area contributed by atoms with E-state index in [1.165, 1.54) is 27.7 Å². The molecule has 0 aliphatic carbocycles. The second-order valence-electron chi connectivity index (χ2n) is 17.7. The van der Waals surface area contributed by atoms with Crippen molar-refractivity contribution in [3.05, 3.63) is 35.9 Å². The summed E-state index contributed by atoms with van der Waals surface area (Å²) in [6.07, 6.45) is 0.579. The van der Waals surface area contributed by atoms with Crippen molar-refractivity contribution in [3.63, 3.8) is 0 Å². The first-order valence-electron chi connectivity index (χ1n) is 22.2. The van der Waals surface area contributed by atoms with Gasteiger partial charge in [-0.3, -0.25) is 43.3 Å². The lowest BCUT2D eigenvalue weighted by molar-refractivity contribution is -0.142. The van der Waals surface area contributed by atoms with Crippen LogP contribution in [0.25, 0.3) is 0 Å². The number of aliphatic carboxylic acids is 1. The molecular weight excluding hydrogens is 857 g/mol. The number of benzene rings is 1. The topological polar surface area (TPSA) is 361 Å². The van der Waals surface area contributed by atoms with Crippen LogP contribution in [0.3, 0.4) is 0 Å². The van der Waals surface area contributed by atoms with Crippen molar-refractivity contribution in [3.8, 4) is 0 Å². The number of carbonyl (C=O) groups excluding carboxylic acids is 8. The van der Waals surface area contributed by atoms with E-state index in [1.807, 2.05) is 27.7 Å². The highest BCUT2D eigenvalue weighted by atomic mass is 16.4. The first-order valence-corrected chi connectivity index (χ1v) is 22.2. The summed E-state index contributed by atoms with van der Waals surface area (Å²) < 4.78 is 0. The number of amides is 8. The zero-order valence-electron chi connectivity index (χ0n) is 39.9. The van der Waals surface area contributed by atoms with Gasteiger partial charge in [0.2, 0.25) is 47.3 Å². The standard InChI is InChI=1S/C44H74N12O10/c1-22(2)19-31(40(62)51-27(9)37(59)55-33(43(65)66)20-23(3)4)53-41(63)32(21-29-15-12-11-13-16-29)54-42(64)34(24(5)6)56-38(60)28(10)50-39(61)30(17-14-18-48-44(46)47)52-36(58)26(8)49-35(57)25(7)45/h11-13,15-16,22-28,30-34H,14,17-21,45H2,1-10H3,(H,49,57)(H,50,61)(H,51,62)(H,52,58)(H,53,63)(H,54,64)(H,55,59)(H,56,60)(H,65,66)(H4,46,47,48)/t25-,26-,27-,28-,30-,31-,32-,33-,34-/m0/s1. The van der Waals surface area contributed by atoms with Gasteiger partial charge in [-0.05, 0) is 76.7 Å². The first-order chi connectivity index (χ1) is 30.7. The smallest absolute Gasteiger partial charge is 0.326 e. The number of carboxylic acid groups (broad SMARTS) is 1. The predicted molar refractivity (Wildman–Crippen MR) is 248 cm³/mol. The molecule has 9 atom stereocenters. The largest absolute Gasteiger partial charge is 0.480 e. The van der Waals surface area contributed by atoms with E-state index >= 15 is 0 Å². The van der Waals surface area contributed by atoms with Gasteiger partial charge < -0.3 is 64.8 Å². The van der Waals surface area contributed by atoms with E-state index in [0.717, 1.165) is 0 Å². The number of rotatable bonds is 28. The first kappa shape index (κ1) is 57.7. The van der Waals surface area contributed by atoms with Gasteiger partial charge in [0.15, 0.2) is 5.96 Å². The van der Waals surface area contributed by atoms with E-state index in [0.29, 0.717) is 5.56 Å². The third-order valence-electron chi connectivity index (χ3n) is 10.1. The van der Waals surface area contributed by atoms with Crippen molar-refractivity contribution in [1.29, 1.82) is 0 Å². The summed E-state index contributed by atoms with van der Waals surface area (Å²) in [7, 11) is 0. The molecule has 1 rings (SSSR count). The third-order valence-corrected chi connectivity index (χ3v) is 10.1. The minimum absolute atomic E-state index is 0.0191. The Morgan fingerprint density at radius 3 is 1.42 bits per heavy atom. The number of nitrogens with two attached hydrogens (primary N) is 3. The predicted octanol–water partition coefficient (Wildman–Crippen LogP) is -1.60. The molecule has 0 aromatic heterocycles. The average molecular weight is 931 g/mol. The number of nitrogens with one attached hydrogen (secondary N) is 8. The normalized spacial score (nSPS) is 15.2. The highest BCUT2D eigenvalue weighted by Gasteiger charge is 2.34. The number of hydrogen-bond donors (Lipinski definition) is 12. The van der Waals surface area contributed by atoms with Crippen molar-refractivity contribution >= 4 is 59.2 Å². The molecule has 0 aliphatic heterocycles. The van der Waals surface area contributed by atoms with Crippen LogP contribution in [0.2, 0.25) is 0 Å². The molecule has 0 radical (unpaired) electrons. The number of guanidine groups is 1. The van der Waals surface area contributed by atoms with E-state index in [2.05, 4.69) is 47.5 Å². The second-order valence-corrected chi connectivity index (χ2v) is 17.7. The Kier molecular flexibility index (Phi) is 25.0. The van der Waals surface area contributed by atoms with Crippen molar-refractivity contribution in [2.75, 3.05) is 6.54 Å². The fourth-order valence-electron chi connectivity index (χ4n) is 6.34. The highest BCUT2D eigenvalue weighted by Crippen LogP contribution is 2.11. The van der Waals surface area contributed by atoms with Crippen LogP contribution in [-0.4, -0.2) is 125 Å². The van der Waals surface area contributed by atoms with Gasteiger partial charge in [-0.2, -0.15) is 0 Å². The average Bonchev–Trinajstić information content (AvgIpc) is 3.22. The van der Waals surface area contributed by atoms with Gasteiger partial charge in [-0.15, -0.1) is 0 Å². The van der Waals surface area contributed by atoms with Gasteiger partial charge in [-0.25, -0.2) is 4.79 Å². The summed E-state index contributed by atoms with van der Waals surface area (Å²) >= 11 is 0. The zero-order chi connectivity index (χ0) is 50.4. The van der Waals surface area contributed by atoms with Gasteiger partial charge in [0.25, 0.3) is 0 Å². The molecule has 0 fully saturated rings. The number of nitrogens with zero attached hydrogens (tertiary/aromatic N) is 1. The molecule has 22 nitrogen and oxygen atoms in total. The summed E-state index contributed by atoms with van der Waals surface area (Å²) in [6.45, 7) is 16.3. The maximum absolute atomic E-state index is 14.1. The van der Waals surface area contributed by atoms with E-state index in [9.17, 15) is 48.3 Å². The number of hydrogen-bond acceptors (Lipinski definition) is 11. The second kappa shape index (κ2) is 28.6. The van der Waals surface area contributed by atoms with Crippen LogP contribution in [0.5, 0.6) is 0 Å². The molecule has 0 saturated carbocycles. The van der Waals surface area contributed by atoms with E-state index in [4.69, 9.17) is 17.2 Å². The van der Waals surface area contributed by atoms with Crippen LogP contribution in [0.4, 0.5) is 0 Å². The Hall–Kier alpha value is -6.32. The molecule has 66 heavy (non-hydrogen) atoms. The van der Waals surface area contributed by atoms with Crippen molar-refractivity contribution in [2.24, 2.45) is 39.9 Å². The number of carboxylic acids is 1. The maximum Gasteiger partial charge on any atom is 0.326 e. The number of aliphatic imine (C=N–C) groups is 1. The lowest BCUT2D eigenvalue weighted by atomic mass is 9.99. The summed E-state index contributed by atoms with van der Waals surface area (Å²) in [5.41, 5.74) is 17.1. The fraction of sp³-hybridized carbons (Fsp3) is 0.636. The quantitative estimate of drug-likeness (QED) is 0.0256. The van der Waals surface area contributed by atoms with Gasteiger partial charge in [0, 0.05) is 13.0 Å². The molecule has 0 unspecified atom stereocenters. The van der Waals surface area contributed by atoms with Gasteiger partial charge in [0.05, 0.1) is 6.04 Å². The molecule has 22 heteroatoms. The third kappa shape index (κ3) is 21.6. The summed E-state index contributed by atoms with van der Waals surface area (Å²) in [6, 6.07) is -1.64. The Morgan fingerprint density at radius 2 is 0.955 bits per heavy atom. The van der Waals surface area contributed by atoms with Crippen molar-refractivity contribution in [2.45, 2.75) is 156 Å². The molecule has 1 aromatic carbocycles. The summed E-state index contributed by atoms with van der Waals surface area (Å²) in [4.78, 5) is 123. The highest BCUT2D eigenvalue weighted by molar-refractivity contribution is 5.98. The number of carbonyl (C=O) groups is 9. The maximum atomic E-state index is 14.1. The molecule has 0 aliphatic rings. The van der Waals surface area contributed by atoms with Crippen LogP contribution < -0.4 is 59.7 Å². The minimum Gasteiger partial charge on any atom is -0.480 e. The zero-order valence-corrected chi connectivity index (χ0v) is 39.9. The molecule has 8 amide bonds. The fourth-order valence-corrected chi connectivity index (χ4v) is 6.34. The molecule has 0 heterocycles. The summed E-state index contributed by atoms with van der Waals surface area (Å²) in [5.74, 6) is -7.80. The molecule has 15 N–H and O–H groups in total. The van der Waals surface area contributed by atoms with Crippen molar-refractivity contribution < 1.29 is 48.3 Å². The van der Waals surface area contributed by atoms with Crippen LogP contribution in [0.15, 0.2) is 35.3 Å². The molecular formula is C44H74N12O10. The Balaban J connectivity index is 3.28. The lowest BCUT2D eigenvalue weighted by Gasteiger charge is -2.28. The van der Waals surface area contributed by atoms with Gasteiger partial charge in [-0.1, -0.05) is 71.9 Å². The van der Waals surface area contributed by atoms with Crippen LogP contribution in [0.1, 0.15) is 100 Å².